The minimum Gasteiger partial charge on any atom is -0.345 e. The summed E-state index contributed by atoms with van der Waals surface area (Å²) >= 11 is 0. The van der Waals surface area contributed by atoms with Crippen molar-refractivity contribution in [3.05, 3.63) is 125 Å². The lowest BCUT2D eigenvalue weighted by molar-refractivity contribution is 0.205. The summed E-state index contributed by atoms with van der Waals surface area (Å²) in [7, 11) is 0. The van der Waals surface area contributed by atoms with Crippen LogP contribution in [-0.2, 0) is 26.1 Å². The highest BCUT2D eigenvalue weighted by Gasteiger charge is 2.17. The number of hydrogen-bond donors (Lipinski definition) is 1. The van der Waals surface area contributed by atoms with Crippen molar-refractivity contribution in [1.82, 2.24) is 9.47 Å². The maximum absolute atomic E-state index is 13.3. The summed E-state index contributed by atoms with van der Waals surface area (Å²) < 4.78 is 15.4. The van der Waals surface area contributed by atoms with Crippen molar-refractivity contribution in [2.45, 2.75) is 33.0 Å². The van der Waals surface area contributed by atoms with Crippen LogP contribution < -0.4 is 5.32 Å². The molecule has 0 spiro atoms. The summed E-state index contributed by atoms with van der Waals surface area (Å²) in [6.07, 6.45) is 2.94. The van der Waals surface area contributed by atoms with Crippen molar-refractivity contribution in [3.8, 4) is 0 Å². The fraction of sp³-hybridized carbons (Fsp3) is 0.179. The van der Waals surface area contributed by atoms with Gasteiger partial charge in [0, 0.05) is 30.7 Å². The number of hydrogen-bond acceptors (Lipinski definition) is 1. The molecule has 0 saturated heterocycles. The molecule has 3 aromatic carbocycles. The Labute approximate surface area is 194 Å². The van der Waals surface area contributed by atoms with E-state index in [-0.39, 0.29) is 11.8 Å². The van der Waals surface area contributed by atoms with Crippen LogP contribution in [0.5, 0.6) is 0 Å². The first kappa shape index (κ1) is 22.3. The van der Waals surface area contributed by atoms with E-state index in [1.165, 1.54) is 17.7 Å². The molecule has 0 radical (unpaired) electrons. The highest BCUT2D eigenvalue weighted by atomic mass is 19.1. The highest BCUT2D eigenvalue weighted by Crippen LogP contribution is 2.16. The smallest absolute Gasteiger partial charge is 0.322 e. The van der Waals surface area contributed by atoms with Crippen molar-refractivity contribution in [1.29, 1.82) is 0 Å². The van der Waals surface area contributed by atoms with E-state index in [1.807, 2.05) is 72.9 Å². The molecular formula is C28H28FN3O. The van der Waals surface area contributed by atoms with Crippen LogP contribution in [0.25, 0.3) is 0 Å². The third kappa shape index (κ3) is 6.10. The first-order valence-electron chi connectivity index (χ1n) is 11.2. The van der Waals surface area contributed by atoms with E-state index < -0.39 is 0 Å². The number of carbonyl (C=O) groups is 1. The van der Waals surface area contributed by atoms with Gasteiger partial charge in [0.15, 0.2) is 0 Å². The van der Waals surface area contributed by atoms with E-state index in [2.05, 4.69) is 16.8 Å². The van der Waals surface area contributed by atoms with Gasteiger partial charge < -0.3 is 14.8 Å². The zero-order chi connectivity index (χ0) is 23.0. The highest BCUT2D eigenvalue weighted by molar-refractivity contribution is 5.89. The van der Waals surface area contributed by atoms with Crippen molar-refractivity contribution in [2.75, 3.05) is 5.32 Å². The van der Waals surface area contributed by atoms with Gasteiger partial charge in [-0.3, -0.25) is 0 Å². The van der Waals surface area contributed by atoms with Gasteiger partial charge in [0.05, 0.1) is 6.54 Å². The molecule has 0 fully saturated rings. The second kappa shape index (κ2) is 10.6. The first-order chi connectivity index (χ1) is 16.1. The molecule has 0 atom stereocenters. The van der Waals surface area contributed by atoms with E-state index in [9.17, 15) is 9.18 Å². The lowest BCUT2D eigenvalue weighted by Crippen LogP contribution is -2.34. The Morgan fingerprint density at radius 3 is 2.21 bits per heavy atom. The fourth-order valence-electron chi connectivity index (χ4n) is 3.76. The molecule has 0 aliphatic heterocycles. The Kier molecular flexibility index (Phi) is 7.20. The van der Waals surface area contributed by atoms with Gasteiger partial charge in [-0.05, 0) is 59.5 Å². The molecule has 4 nitrogen and oxygen atoms in total. The Morgan fingerprint density at radius 2 is 1.52 bits per heavy atom. The van der Waals surface area contributed by atoms with E-state index >= 15 is 0 Å². The molecule has 1 N–H and O–H groups in total. The van der Waals surface area contributed by atoms with Crippen molar-refractivity contribution in [2.24, 2.45) is 0 Å². The Bertz CT molecular complexity index is 1170. The summed E-state index contributed by atoms with van der Waals surface area (Å²) in [6, 6.07) is 28.3. The summed E-state index contributed by atoms with van der Waals surface area (Å²) in [4.78, 5) is 15.1. The summed E-state index contributed by atoms with van der Waals surface area (Å²) in [6.45, 7) is 3.65. The maximum atomic E-state index is 13.3. The SMILES string of the molecule is CCc1ccc(NC(=O)N(Cc2ccccc2)Cc2cccn2Cc2ccc(F)cc2)cc1. The van der Waals surface area contributed by atoms with Gasteiger partial charge in [0.1, 0.15) is 5.82 Å². The minimum atomic E-state index is -0.246. The van der Waals surface area contributed by atoms with Gasteiger partial charge in [-0.15, -0.1) is 0 Å². The molecule has 5 heteroatoms. The molecule has 0 aliphatic rings. The number of nitrogens with zero attached hydrogens (tertiary/aromatic N) is 2. The number of carbonyl (C=O) groups excluding carboxylic acids is 1. The number of anilines is 1. The Balaban J connectivity index is 1.53. The van der Waals surface area contributed by atoms with Crippen LogP contribution in [0.3, 0.4) is 0 Å². The summed E-state index contributed by atoms with van der Waals surface area (Å²) in [5.74, 6) is -0.246. The van der Waals surface area contributed by atoms with E-state index in [0.29, 0.717) is 19.6 Å². The molecule has 33 heavy (non-hydrogen) atoms. The van der Waals surface area contributed by atoms with Crippen LogP contribution >= 0.6 is 0 Å². The van der Waals surface area contributed by atoms with Crippen molar-refractivity contribution >= 4 is 11.7 Å². The van der Waals surface area contributed by atoms with Gasteiger partial charge >= 0.3 is 6.03 Å². The number of nitrogens with one attached hydrogen (secondary N) is 1. The lowest BCUT2D eigenvalue weighted by atomic mass is 10.1. The first-order valence-corrected chi connectivity index (χ1v) is 11.2. The quantitative estimate of drug-likeness (QED) is 0.334. The molecule has 0 bridgehead atoms. The van der Waals surface area contributed by atoms with Gasteiger partial charge in [0.25, 0.3) is 0 Å². The monoisotopic (exact) mass is 441 g/mol. The van der Waals surface area contributed by atoms with Gasteiger partial charge in [0.2, 0.25) is 0 Å². The molecular weight excluding hydrogens is 413 g/mol. The largest absolute Gasteiger partial charge is 0.345 e. The van der Waals surface area contributed by atoms with Crippen LogP contribution in [-0.4, -0.2) is 15.5 Å². The topological polar surface area (TPSA) is 37.3 Å². The van der Waals surface area contributed by atoms with Crippen molar-refractivity contribution < 1.29 is 9.18 Å². The second-order valence-corrected chi connectivity index (χ2v) is 8.08. The van der Waals surface area contributed by atoms with Gasteiger partial charge in [-0.1, -0.05) is 61.5 Å². The van der Waals surface area contributed by atoms with Gasteiger partial charge in [-0.25, -0.2) is 9.18 Å². The van der Waals surface area contributed by atoms with E-state index in [1.54, 1.807) is 17.0 Å². The number of urea groups is 1. The average molecular weight is 442 g/mol. The molecule has 168 valence electrons. The number of amides is 2. The lowest BCUT2D eigenvalue weighted by Gasteiger charge is -2.24. The van der Waals surface area contributed by atoms with E-state index in [4.69, 9.17) is 0 Å². The van der Waals surface area contributed by atoms with Crippen LogP contribution in [0.2, 0.25) is 0 Å². The molecule has 1 aromatic heterocycles. The Hall–Kier alpha value is -3.86. The normalized spacial score (nSPS) is 10.7. The number of halogens is 1. The number of benzene rings is 3. The summed E-state index contributed by atoms with van der Waals surface area (Å²) in [5.41, 5.74) is 5.08. The average Bonchev–Trinajstić information content (AvgIpc) is 3.27. The maximum Gasteiger partial charge on any atom is 0.322 e. The predicted octanol–water partition coefficient (Wildman–Crippen LogP) is 6.47. The number of aromatic nitrogens is 1. The molecule has 1 heterocycles. The number of aryl methyl sites for hydroxylation is 1. The van der Waals surface area contributed by atoms with Crippen LogP contribution in [0.1, 0.15) is 29.3 Å². The third-order valence-electron chi connectivity index (χ3n) is 5.66. The molecule has 4 aromatic rings. The van der Waals surface area contributed by atoms with Crippen LogP contribution in [0.4, 0.5) is 14.9 Å². The predicted molar refractivity (Wildman–Crippen MR) is 130 cm³/mol. The molecule has 0 saturated carbocycles. The molecule has 0 unspecified atom stereocenters. The molecule has 4 rings (SSSR count). The summed E-state index contributed by atoms with van der Waals surface area (Å²) in [5, 5.41) is 3.04. The van der Waals surface area contributed by atoms with Crippen molar-refractivity contribution in [3.63, 3.8) is 0 Å². The minimum absolute atomic E-state index is 0.155. The Morgan fingerprint density at radius 1 is 0.818 bits per heavy atom. The van der Waals surface area contributed by atoms with E-state index in [0.717, 1.165) is 28.9 Å². The standard InChI is InChI=1S/C28H28FN3O/c1-2-22-12-16-26(17-13-22)30-28(33)32(20-23-7-4-3-5-8-23)21-27-9-6-18-31(27)19-24-10-14-25(29)15-11-24/h3-18H,2,19-21H2,1H3,(H,30,33). The fourth-order valence-corrected chi connectivity index (χ4v) is 3.76. The zero-order valence-electron chi connectivity index (χ0n) is 18.7. The van der Waals surface area contributed by atoms with Gasteiger partial charge in [-0.2, -0.15) is 0 Å². The zero-order valence-corrected chi connectivity index (χ0v) is 18.7. The molecule has 2 amide bonds. The third-order valence-corrected chi connectivity index (χ3v) is 5.66. The second-order valence-electron chi connectivity index (χ2n) is 8.08. The van der Waals surface area contributed by atoms with Crippen LogP contribution in [0, 0.1) is 5.82 Å². The number of rotatable bonds is 8. The molecule has 0 aliphatic carbocycles. The van der Waals surface area contributed by atoms with Crippen LogP contribution in [0.15, 0.2) is 97.2 Å².